The summed E-state index contributed by atoms with van der Waals surface area (Å²) in [4.78, 5) is 1.98. The van der Waals surface area contributed by atoms with E-state index in [0.29, 0.717) is 34.2 Å². The number of benzene rings is 2. The largest absolute Gasteiger partial charge is 0.497 e. The van der Waals surface area contributed by atoms with Gasteiger partial charge >= 0.3 is 0 Å². The Bertz CT molecular complexity index is 991. The van der Waals surface area contributed by atoms with Crippen LogP contribution in [0.5, 0.6) is 11.5 Å². The predicted octanol–water partition coefficient (Wildman–Crippen LogP) is 5.84. The Morgan fingerprint density at radius 1 is 1.03 bits per heavy atom. The molecule has 1 fully saturated rings. The van der Waals surface area contributed by atoms with E-state index < -0.39 is 13.2 Å². The van der Waals surface area contributed by atoms with Crippen molar-refractivity contribution >= 4 is 18.4 Å². The Hall–Kier alpha value is -2.01. The molecule has 5 atom stereocenters. The third-order valence-corrected chi connectivity index (χ3v) is 9.54. The first-order chi connectivity index (χ1) is 16.1. The van der Waals surface area contributed by atoms with Crippen LogP contribution >= 0.6 is 7.37 Å². The number of aliphatic hydroxyl groups is 1. The molecule has 0 spiro atoms. The zero-order valence-corrected chi connectivity index (χ0v) is 22.4. The Morgan fingerprint density at radius 3 is 2.26 bits per heavy atom. The van der Waals surface area contributed by atoms with Crippen LogP contribution in [0.25, 0.3) is 0 Å². The van der Waals surface area contributed by atoms with Crippen LogP contribution in [0, 0.1) is 17.8 Å². The number of rotatable bonds is 9. The molecule has 2 aromatic carbocycles. The lowest BCUT2D eigenvalue weighted by atomic mass is 9.75. The Morgan fingerprint density at radius 2 is 1.71 bits per heavy atom. The molecule has 0 radical (unpaired) electrons. The fourth-order valence-corrected chi connectivity index (χ4v) is 7.18. The zero-order valence-electron chi connectivity index (χ0n) is 21.5. The molecule has 0 amide bonds. The minimum atomic E-state index is -3.75. The van der Waals surface area contributed by atoms with Crippen molar-refractivity contribution < 1.29 is 23.7 Å². The van der Waals surface area contributed by atoms with Crippen molar-refractivity contribution in [3.63, 3.8) is 0 Å². The minimum absolute atomic E-state index is 0.193. The van der Waals surface area contributed by atoms with Crippen LogP contribution in [-0.2, 0) is 9.09 Å². The summed E-state index contributed by atoms with van der Waals surface area (Å²) in [5.74, 6) is 0.809. The first-order valence-electron chi connectivity index (χ1n) is 12.1. The summed E-state index contributed by atoms with van der Waals surface area (Å²) in [5, 5.41) is 12.2. The van der Waals surface area contributed by atoms with Crippen LogP contribution in [0.4, 0.5) is 5.69 Å². The number of hydrogen-bond donors (Lipinski definition) is 1. The summed E-state index contributed by atoms with van der Waals surface area (Å²) in [6.07, 6.45) is 2.81. The summed E-state index contributed by atoms with van der Waals surface area (Å²) in [7, 11) is 3.26. The molecule has 0 heterocycles. The molecule has 188 valence electrons. The summed E-state index contributed by atoms with van der Waals surface area (Å²) >= 11 is 0. The molecule has 1 aliphatic rings. The van der Waals surface area contributed by atoms with E-state index in [0.717, 1.165) is 24.9 Å². The van der Waals surface area contributed by atoms with E-state index >= 15 is 0 Å². The molecule has 1 aliphatic carbocycles. The van der Waals surface area contributed by atoms with Gasteiger partial charge in [-0.2, -0.15) is 0 Å². The highest BCUT2D eigenvalue weighted by Crippen LogP contribution is 2.61. The van der Waals surface area contributed by atoms with Crippen LogP contribution in [0.1, 0.15) is 51.4 Å². The molecule has 34 heavy (non-hydrogen) atoms. The quantitative estimate of drug-likeness (QED) is 0.446. The molecule has 0 saturated heterocycles. The van der Waals surface area contributed by atoms with Gasteiger partial charge in [-0.05, 0) is 67.0 Å². The van der Waals surface area contributed by atoms with Crippen molar-refractivity contribution in [1.82, 2.24) is 0 Å². The number of anilines is 1. The third kappa shape index (κ3) is 5.62. The first kappa shape index (κ1) is 26.6. The monoisotopic (exact) mass is 489 g/mol. The van der Waals surface area contributed by atoms with Crippen LogP contribution in [0.2, 0.25) is 0 Å². The van der Waals surface area contributed by atoms with Crippen molar-refractivity contribution in [2.45, 2.75) is 52.0 Å². The third-order valence-electron chi connectivity index (χ3n) is 7.02. The number of ether oxygens (including phenoxy) is 2. The highest BCUT2D eigenvalue weighted by Gasteiger charge is 2.43. The van der Waals surface area contributed by atoms with Gasteiger partial charge in [-0.3, -0.25) is 4.57 Å². The van der Waals surface area contributed by atoms with Crippen molar-refractivity contribution in [2.24, 2.45) is 17.8 Å². The maximum atomic E-state index is 14.8. The second kappa shape index (κ2) is 11.2. The Kier molecular flexibility index (Phi) is 8.72. The number of nitrogens with zero attached hydrogens (tertiary/aromatic N) is 1. The first-order valence-corrected chi connectivity index (χ1v) is 13.8. The van der Waals surface area contributed by atoms with Crippen LogP contribution < -0.4 is 19.7 Å². The van der Waals surface area contributed by atoms with Gasteiger partial charge in [-0.1, -0.05) is 27.2 Å². The van der Waals surface area contributed by atoms with Gasteiger partial charge in [0.2, 0.25) is 0 Å². The summed E-state index contributed by atoms with van der Waals surface area (Å²) in [6.45, 7) is 6.60. The summed E-state index contributed by atoms with van der Waals surface area (Å²) in [5.41, 5.74) is 1.41. The van der Waals surface area contributed by atoms with Gasteiger partial charge in [0.05, 0.1) is 20.3 Å². The molecular weight excluding hydrogens is 449 g/mol. The van der Waals surface area contributed by atoms with E-state index in [2.05, 4.69) is 20.8 Å². The maximum absolute atomic E-state index is 14.8. The van der Waals surface area contributed by atoms with Crippen LogP contribution in [0.15, 0.2) is 42.5 Å². The second-order valence-electron chi connectivity index (χ2n) is 9.96. The Balaban J connectivity index is 2.09. The lowest BCUT2D eigenvalue weighted by Gasteiger charge is -2.40. The summed E-state index contributed by atoms with van der Waals surface area (Å²) < 4.78 is 32.2. The molecule has 0 aromatic heterocycles. The lowest BCUT2D eigenvalue weighted by Crippen LogP contribution is -2.35. The molecule has 7 heteroatoms. The predicted molar refractivity (Wildman–Crippen MR) is 139 cm³/mol. The van der Waals surface area contributed by atoms with Crippen LogP contribution in [0.3, 0.4) is 0 Å². The van der Waals surface area contributed by atoms with Gasteiger partial charge in [0.15, 0.2) is 5.85 Å². The number of hydrogen-bond acceptors (Lipinski definition) is 6. The van der Waals surface area contributed by atoms with Gasteiger partial charge in [0.1, 0.15) is 11.5 Å². The molecule has 1 N–H and O–H groups in total. The molecule has 6 nitrogen and oxygen atoms in total. The van der Waals surface area contributed by atoms with Gasteiger partial charge in [-0.25, -0.2) is 0 Å². The molecule has 0 aliphatic heterocycles. The number of methoxy groups -OCH3 is 2. The van der Waals surface area contributed by atoms with Gasteiger partial charge in [0.25, 0.3) is 7.37 Å². The molecule has 1 saturated carbocycles. The van der Waals surface area contributed by atoms with E-state index in [1.807, 2.05) is 43.3 Å². The molecular formula is C27H40NO5P. The van der Waals surface area contributed by atoms with Crippen LogP contribution in [-0.4, -0.2) is 39.5 Å². The van der Waals surface area contributed by atoms with E-state index in [4.69, 9.17) is 14.0 Å². The normalized spacial score (nSPS) is 23.3. The standard InChI is InChI=1S/C27H40NO5P/c1-18(2)23-14-8-19(3)16-26(23)33-34(30,22-12-9-20(10-13-22)28(4)5)27(29)24-15-11-21(31-6)17-25(24)32-7/h9-13,15,17-19,23,26-27,29H,8,14,16H2,1-7H3/t19-,23+,26+,27-,34-/m0/s1. The maximum Gasteiger partial charge on any atom is 0.264 e. The van der Waals surface area contributed by atoms with Gasteiger partial charge < -0.3 is 24.0 Å². The molecule has 2 aromatic rings. The lowest BCUT2D eigenvalue weighted by molar-refractivity contribution is 0.0425. The molecule has 3 rings (SSSR count). The summed E-state index contributed by atoms with van der Waals surface area (Å²) in [6, 6.07) is 12.6. The van der Waals surface area contributed by atoms with Crippen molar-refractivity contribution in [2.75, 3.05) is 33.2 Å². The van der Waals surface area contributed by atoms with Gasteiger partial charge in [-0.15, -0.1) is 0 Å². The number of aliphatic hydroxyl groups excluding tert-OH is 1. The zero-order chi connectivity index (χ0) is 25.0. The minimum Gasteiger partial charge on any atom is -0.497 e. The van der Waals surface area contributed by atoms with Crippen molar-refractivity contribution in [3.05, 3.63) is 48.0 Å². The SMILES string of the molecule is COc1ccc([C@@H](O)[P@@](=O)(O[C@@H]2C[C@@H](C)CC[C@@H]2C(C)C)c2ccc(N(C)C)cc2)c(OC)c1. The highest BCUT2D eigenvalue weighted by atomic mass is 31.2. The Labute approximate surface area is 204 Å². The fourth-order valence-electron chi connectivity index (χ4n) is 4.87. The average molecular weight is 490 g/mol. The molecule has 0 bridgehead atoms. The fraction of sp³-hybridized carbons (Fsp3) is 0.556. The topological polar surface area (TPSA) is 68.2 Å². The van der Waals surface area contributed by atoms with E-state index in [1.165, 1.54) is 7.11 Å². The van der Waals surface area contributed by atoms with E-state index in [1.54, 1.807) is 25.3 Å². The highest BCUT2D eigenvalue weighted by molar-refractivity contribution is 7.67. The average Bonchev–Trinajstić information content (AvgIpc) is 2.82. The van der Waals surface area contributed by atoms with E-state index in [9.17, 15) is 9.67 Å². The van der Waals surface area contributed by atoms with Crippen molar-refractivity contribution in [1.29, 1.82) is 0 Å². The second-order valence-corrected chi connectivity index (χ2v) is 12.4. The van der Waals surface area contributed by atoms with E-state index in [-0.39, 0.29) is 12.0 Å². The smallest absolute Gasteiger partial charge is 0.264 e. The van der Waals surface area contributed by atoms with Gasteiger partial charge in [0, 0.05) is 36.7 Å². The van der Waals surface area contributed by atoms with Crippen molar-refractivity contribution in [3.8, 4) is 11.5 Å². The molecule has 0 unspecified atom stereocenters.